The standard InChI is InChI=1S/C23H23FN2O/c24-19-5-3-4-16(12-19)14-26-15-18(20-6-1-2-7-21(20)26)13-22-23(27)17-8-10-25(22)11-9-17/h1-7,12-13,15,17,23,27H,8-11,14H2/b22-13-. The number of para-hydroxylation sites is 1. The maximum Gasteiger partial charge on any atom is 0.123 e. The molecule has 2 bridgehead atoms. The minimum Gasteiger partial charge on any atom is -0.387 e. The summed E-state index contributed by atoms with van der Waals surface area (Å²) in [5.41, 5.74) is 4.23. The second-order valence-corrected chi connectivity index (χ2v) is 7.70. The summed E-state index contributed by atoms with van der Waals surface area (Å²) in [6.07, 6.45) is 6.08. The van der Waals surface area contributed by atoms with Gasteiger partial charge in [-0.25, -0.2) is 4.39 Å². The van der Waals surface area contributed by atoms with Crippen LogP contribution in [-0.4, -0.2) is 33.8 Å². The summed E-state index contributed by atoms with van der Waals surface area (Å²) in [5, 5.41) is 11.9. The first-order chi connectivity index (χ1) is 13.2. The van der Waals surface area contributed by atoms with Crippen molar-refractivity contribution in [2.45, 2.75) is 25.5 Å². The number of nitrogens with zero attached hydrogens (tertiary/aromatic N) is 2. The Balaban J connectivity index is 1.57. The van der Waals surface area contributed by atoms with Gasteiger partial charge in [-0.3, -0.25) is 0 Å². The van der Waals surface area contributed by atoms with E-state index in [1.807, 2.05) is 18.2 Å². The summed E-state index contributed by atoms with van der Waals surface area (Å²) in [4.78, 5) is 2.32. The smallest absolute Gasteiger partial charge is 0.123 e. The van der Waals surface area contributed by atoms with Gasteiger partial charge in [0.15, 0.2) is 0 Å². The largest absolute Gasteiger partial charge is 0.387 e. The molecule has 3 fully saturated rings. The molecule has 0 aliphatic carbocycles. The van der Waals surface area contributed by atoms with E-state index in [0.29, 0.717) is 12.5 Å². The van der Waals surface area contributed by atoms with Gasteiger partial charge < -0.3 is 14.6 Å². The van der Waals surface area contributed by atoms with Crippen molar-refractivity contribution in [3.05, 3.63) is 77.4 Å². The molecular formula is C23H23FN2O. The molecule has 6 rings (SSSR count). The lowest BCUT2D eigenvalue weighted by atomic mass is 9.83. The molecule has 1 aromatic heterocycles. The van der Waals surface area contributed by atoms with E-state index in [4.69, 9.17) is 0 Å². The Morgan fingerprint density at radius 3 is 2.67 bits per heavy atom. The summed E-state index contributed by atoms with van der Waals surface area (Å²) >= 11 is 0. The summed E-state index contributed by atoms with van der Waals surface area (Å²) < 4.78 is 15.7. The molecular weight excluding hydrogens is 339 g/mol. The average Bonchev–Trinajstić information content (AvgIpc) is 3.03. The second kappa shape index (κ2) is 6.54. The third-order valence-corrected chi connectivity index (χ3v) is 6.02. The van der Waals surface area contributed by atoms with E-state index in [2.05, 4.69) is 33.9 Å². The van der Waals surface area contributed by atoms with E-state index >= 15 is 0 Å². The van der Waals surface area contributed by atoms with Crippen LogP contribution in [-0.2, 0) is 6.54 Å². The Morgan fingerprint density at radius 1 is 1.07 bits per heavy atom. The lowest BCUT2D eigenvalue weighted by Gasteiger charge is -2.45. The van der Waals surface area contributed by atoms with E-state index in [9.17, 15) is 9.50 Å². The molecule has 4 heteroatoms. The van der Waals surface area contributed by atoms with Gasteiger partial charge in [0.25, 0.3) is 0 Å². The van der Waals surface area contributed by atoms with Crippen molar-refractivity contribution in [3.8, 4) is 0 Å². The van der Waals surface area contributed by atoms with Crippen LogP contribution in [0.2, 0.25) is 0 Å². The second-order valence-electron chi connectivity index (χ2n) is 7.70. The first-order valence-electron chi connectivity index (χ1n) is 9.66. The van der Waals surface area contributed by atoms with Gasteiger partial charge in [0.2, 0.25) is 0 Å². The molecule has 1 unspecified atom stereocenters. The number of aliphatic hydroxyl groups excluding tert-OH is 1. The maximum atomic E-state index is 13.6. The molecule has 3 aliphatic rings. The Kier molecular flexibility index (Phi) is 4.01. The molecule has 3 saturated heterocycles. The molecule has 0 radical (unpaired) electrons. The van der Waals surface area contributed by atoms with E-state index in [0.717, 1.165) is 53.7 Å². The van der Waals surface area contributed by atoms with Gasteiger partial charge in [0, 0.05) is 48.0 Å². The average molecular weight is 362 g/mol. The van der Waals surface area contributed by atoms with Crippen LogP contribution in [0.15, 0.2) is 60.4 Å². The monoisotopic (exact) mass is 362 g/mol. The minimum atomic E-state index is -0.363. The van der Waals surface area contributed by atoms with Crippen molar-refractivity contribution in [1.29, 1.82) is 0 Å². The van der Waals surface area contributed by atoms with Crippen LogP contribution in [0.5, 0.6) is 0 Å². The third kappa shape index (κ3) is 2.94. The van der Waals surface area contributed by atoms with Crippen molar-refractivity contribution < 1.29 is 9.50 Å². The highest BCUT2D eigenvalue weighted by atomic mass is 19.1. The van der Waals surface area contributed by atoms with Gasteiger partial charge in [-0.2, -0.15) is 0 Å². The molecule has 0 saturated carbocycles. The number of hydrogen-bond donors (Lipinski definition) is 1. The van der Waals surface area contributed by atoms with Crippen LogP contribution < -0.4 is 0 Å². The number of halogens is 1. The lowest BCUT2D eigenvalue weighted by Crippen LogP contribution is -2.48. The Labute approximate surface area is 158 Å². The molecule has 2 aromatic carbocycles. The zero-order valence-electron chi connectivity index (χ0n) is 15.2. The zero-order valence-corrected chi connectivity index (χ0v) is 15.2. The maximum absolute atomic E-state index is 13.6. The SMILES string of the molecule is OC1/C(=C/c2cn(Cc3cccc(F)c3)c3ccccc23)N2CCC1CC2. The number of piperidine rings is 3. The summed E-state index contributed by atoms with van der Waals surface area (Å²) in [6.45, 7) is 2.70. The highest BCUT2D eigenvalue weighted by molar-refractivity contribution is 5.90. The topological polar surface area (TPSA) is 28.4 Å². The number of benzene rings is 2. The molecule has 0 spiro atoms. The summed E-state index contributed by atoms with van der Waals surface area (Å²) in [5.74, 6) is 0.183. The Morgan fingerprint density at radius 2 is 1.89 bits per heavy atom. The highest BCUT2D eigenvalue weighted by Crippen LogP contribution is 2.36. The fourth-order valence-corrected chi connectivity index (χ4v) is 4.59. The van der Waals surface area contributed by atoms with Crippen LogP contribution in [0.1, 0.15) is 24.0 Å². The van der Waals surface area contributed by atoms with E-state index in [1.54, 1.807) is 12.1 Å². The molecule has 1 N–H and O–H groups in total. The van der Waals surface area contributed by atoms with Crippen molar-refractivity contribution in [1.82, 2.24) is 9.47 Å². The number of aliphatic hydroxyl groups is 1. The molecule has 27 heavy (non-hydrogen) atoms. The fourth-order valence-electron chi connectivity index (χ4n) is 4.59. The van der Waals surface area contributed by atoms with Crippen molar-refractivity contribution in [2.24, 2.45) is 5.92 Å². The zero-order chi connectivity index (χ0) is 18.4. The predicted molar refractivity (Wildman–Crippen MR) is 106 cm³/mol. The normalized spacial score (nSPS) is 23.5. The molecule has 138 valence electrons. The lowest BCUT2D eigenvalue weighted by molar-refractivity contribution is 0.0215. The van der Waals surface area contributed by atoms with Gasteiger partial charge in [-0.1, -0.05) is 30.3 Å². The Bertz CT molecular complexity index is 1010. The van der Waals surface area contributed by atoms with Gasteiger partial charge in [0.05, 0.1) is 6.10 Å². The molecule has 1 atom stereocenters. The highest BCUT2D eigenvalue weighted by Gasteiger charge is 2.36. The van der Waals surface area contributed by atoms with Crippen molar-refractivity contribution >= 4 is 17.0 Å². The van der Waals surface area contributed by atoms with Crippen LogP contribution in [0.4, 0.5) is 4.39 Å². The quantitative estimate of drug-likeness (QED) is 0.754. The number of fused-ring (bicyclic) bond motifs is 4. The van der Waals surface area contributed by atoms with Crippen LogP contribution in [0.3, 0.4) is 0 Å². The van der Waals surface area contributed by atoms with Crippen LogP contribution in [0, 0.1) is 11.7 Å². The van der Waals surface area contributed by atoms with Gasteiger partial charge in [-0.15, -0.1) is 0 Å². The van der Waals surface area contributed by atoms with E-state index in [-0.39, 0.29) is 11.9 Å². The van der Waals surface area contributed by atoms with Crippen molar-refractivity contribution in [3.63, 3.8) is 0 Å². The number of aromatic nitrogens is 1. The first-order valence-corrected chi connectivity index (χ1v) is 9.66. The van der Waals surface area contributed by atoms with Gasteiger partial charge in [0.1, 0.15) is 5.82 Å². The molecule has 0 amide bonds. The molecule has 3 aromatic rings. The minimum absolute atomic E-state index is 0.208. The molecule has 3 nitrogen and oxygen atoms in total. The molecule has 4 heterocycles. The van der Waals surface area contributed by atoms with Gasteiger partial charge in [-0.05, 0) is 48.6 Å². The van der Waals surface area contributed by atoms with Crippen LogP contribution in [0.25, 0.3) is 17.0 Å². The number of rotatable bonds is 3. The predicted octanol–water partition coefficient (Wildman–Crippen LogP) is 4.26. The van der Waals surface area contributed by atoms with Gasteiger partial charge >= 0.3 is 0 Å². The third-order valence-electron chi connectivity index (χ3n) is 6.02. The summed E-state index contributed by atoms with van der Waals surface area (Å²) in [7, 11) is 0. The fraction of sp³-hybridized carbons (Fsp3) is 0.304. The Hall–Kier alpha value is -2.59. The first kappa shape index (κ1) is 16.6. The van der Waals surface area contributed by atoms with E-state index < -0.39 is 0 Å². The van der Waals surface area contributed by atoms with Crippen molar-refractivity contribution in [2.75, 3.05) is 13.1 Å². The molecule has 3 aliphatic heterocycles. The number of hydrogen-bond acceptors (Lipinski definition) is 2. The summed E-state index contributed by atoms with van der Waals surface area (Å²) in [6, 6.07) is 15.0. The van der Waals surface area contributed by atoms with Crippen LogP contribution >= 0.6 is 0 Å². The van der Waals surface area contributed by atoms with E-state index in [1.165, 1.54) is 6.07 Å².